The molecule has 0 spiro atoms. The van der Waals surface area contributed by atoms with Gasteiger partial charge in [0.1, 0.15) is 5.75 Å². The Morgan fingerprint density at radius 1 is 1.29 bits per heavy atom. The number of benzene rings is 1. The molecule has 0 heterocycles. The smallest absolute Gasteiger partial charge is 0.242 e. The monoisotopic (exact) mass is 290 g/mol. The van der Waals surface area contributed by atoms with Crippen LogP contribution in [0.25, 0.3) is 0 Å². The summed E-state index contributed by atoms with van der Waals surface area (Å²) >= 11 is 0. The van der Waals surface area contributed by atoms with Gasteiger partial charge < -0.3 is 15.4 Å². The second-order valence-electron chi connectivity index (χ2n) is 6.29. The molecule has 0 radical (unpaired) electrons. The van der Waals surface area contributed by atoms with E-state index in [1.807, 2.05) is 20.9 Å². The van der Waals surface area contributed by atoms with Gasteiger partial charge in [-0.05, 0) is 43.4 Å². The van der Waals surface area contributed by atoms with Gasteiger partial charge >= 0.3 is 0 Å². The third-order valence-corrected chi connectivity index (χ3v) is 4.41. The fraction of sp³-hybridized carbons (Fsp3) is 0.588. The number of amides is 1. The lowest BCUT2D eigenvalue weighted by Crippen LogP contribution is -2.52. The highest BCUT2D eigenvalue weighted by molar-refractivity contribution is 5.86. The van der Waals surface area contributed by atoms with Crippen molar-refractivity contribution in [2.45, 2.75) is 51.6 Å². The van der Waals surface area contributed by atoms with Crippen molar-refractivity contribution in [3.63, 3.8) is 0 Å². The SMILES string of the molecule is COc1c(C)cc(CN(C)C(=O)C2(N)CCCC2)cc1C. The van der Waals surface area contributed by atoms with Gasteiger partial charge in [-0.25, -0.2) is 0 Å². The Labute approximate surface area is 127 Å². The van der Waals surface area contributed by atoms with E-state index in [1.54, 1.807) is 12.0 Å². The maximum atomic E-state index is 12.5. The molecule has 0 saturated heterocycles. The zero-order valence-corrected chi connectivity index (χ0v) is 13.5. The van der Waals surface area contributed by atoms with Crippen LogP contribution in [0.3, 0.4) is 0 Å². The summed E-state index contributed by atoms with van der Waals surface area (Å²) in [6, 6.07) is 4.15. The second kappa shape index (κ2) is 6.06. The van der Waals surface area contributed by atoms with E-state index in [4.69, 9.17) is 10.5 Å². The number of carbonyl (C=O) groups excluding carboxylic acids is 1. The van der Waals surface area contributed by atoms with Gasteiger partial charge in [0.25, 0.3) is 0 Å². The van der Waals surface area contributed by atoms with E-state index in [0.29, 0.717) is 6.54 Å². The van der Waals surface area contributed by atoms with Crippen LogP contribution in [0.1, 0.15) is 42.4 Å². The molecule has 1 aromatic rings. The minimum absolute atomic E-state index is 0.0612. The predicted octanol–water partition coefficient (Wildman–Crippen LogP) is 2.54. The van der Waals surface area contributed by atoms with E-state index in [0.717, 1.165) is 48.1 Å². The van der Waals surface area contributed by atoms with Crippen molar-refractivity contribution in [1.82, 2.24) is 4.90 Å². The van der Waals surface area contributed by atoms with Gasteiger partial charge in [-0.3, -0.25) is 4.79 Å². The highest BCUT2D eigenvalue weighted by Gasteiger charge is 2.38. The van der Waals surface area contributed by atoms with Crippen molar-refractivity contribution in [3.8, 4) is 5.75 Å². The molecule has 1 saturated carbocycles. The van der Waals surface area contributed by atoms with Crippen molar-refractivity contribution in [1.29, 1.82) is 0 Å². The Morgan fingerprint density at radius 2 is 1.81 bits per heavy atom. The van der Waals surface area contributed by atoms with Crippen molar-refractivity contribution in [3.05, 3.63) is 28.8 Å². The number of methoxy groups -OCH3 is 1. The standard InChI is InChI=1S/C17H26N2O2/c1-12-9-14(10-13(2)15(12)21-4)11-19(3)16(20)17(18)7-5-6-8-17/h9-10H,5-8,11,18H2,1-4H3. The lowest BCUT2D eigenvalue weighted by atomic mass is 9.97. The van der Waals surface area contributed by atoms with E-state index < -0.39 is 5.54 Å². The normalized spacial score (nSPS) is 16.8. The molecule has 116 valence electrons. The van der Waals surface area contributed by atoms with Crippen molar-refractivity contribution >= 4 is 5.91 Å². The first-order valence-corrected chi connectivity index (χ1v) is 7.56. The maximum Gasteiger partial charge on any atom is 0.242 e. The first-order chi connectivity index (χ1) is 9.87. The van der Waals surface area contributed by atoms with Gasteiger partial charge in [0.05, 0.1) is 12.6 Å². The van der Waals surface area contributed by atoms with E-state index >= 15 is 0 Å². The summed E-state index contributed by atoms with van der Waals surface area (Å²) in [6.45, 7) is 4.64. The molecule has 0 aliphatic heterocycles. The lowest BCUT2D eigenvalue weighted by molar-refractivity contribution is -0.136. The fourth-order valence-electron chi connectivity index (χ4n) is 3.40. The van der Waals surface area contributed by atoms with Gasteiger partial charge in [-0.2, -0.15) is 0 Å². The molecule has 2 N–H and O–H groups in total. The maximum absolute atomic E-state index is 12.5. The topological polar surface area (TPSA) is 55.6 Å². The van der Waals surface area contributed by atoms with Crippen LogP contribution in [0, 0.1) is 13.8 Å². The Kier molecular flexibility index (Phi) is 4.57. The summed E-state index contributed by atoms with van der Waals surface area (Å²) in [5, 5.41) is 0. The number of nitrogens with zero attached hydrogens (tertiary/aromatic N) is 1. The molecule has 1 amide bonds. The van der Waals surface area contributed by atoms with Crippen LogP contribution < -0.4 is 10.5 Å². The van der Waals surface area contributed by atoms with Crippen LogP contribution in [0.15, 0.2) is 12.1 Å². The fourth-order valence-corrected chi connectivity index (χ4v) is 3.40. The average Bonchev–Trinajstić information content (AvgIpc) is 2.85. The molecule has 0 aromatic heterocycles. The summed E-state index contributed by atoms with van der Waals surface area (Å²) in [6.07, 6.45) is 3.71. The van der Waals surface area contributed by atoms with Gasteiger partial charge in [-0.1, -0.05) is 25.0 Å². The van der Waals surface area contributed by atoms with E-state index in [2.05, 4.69) is 12.1 Å². The van der Waals surface area contributed by atoms with Gasteiger partial charge in [0.15, 0.2) is 0 Å². The summed E-state index contributed by atoms with van der Waals surface area (Å²) in [7, 11) is 3.52. The zero-order valence-electron chi connectivity index (χ0n) is 13.5. The number of carbonyl (C=O) groups is 1. The molecule has 1 fully saturated rings. The van der Waals surface area contributed by atoms with Crippen LogP contribution in [0.5, 0.6) is 5.75 Å². The summed E-state index contributed by atoms with van der Waals surface area (Å²) in [5.41, 5.74) is 8.91. The second-order valence-corrected chi connectivity index (χ2v) is 6.29. The summed E-state index contributed by atoms with van der Waals surface area (Å²) in [5.74, 6) is 0.977. The summed E-state index contributed by atoms with van der Waals surface area (Å²) < 4.78 is 5.38. The number of likely N-dealkylation sites (N-methyl/N-ethyl adjacent to an activating group) is 1. The number of nitrogens with two attached hydrogens (primary N) is 1. The van der Waals surface area contributed by atoms with E-state index in [-0.39, 0.29) is 5.91 Å². The zero-order chi connectivity index (χ0) is 15.6. The molecular formula is C17H26N2O2. The quantitative estimate of drug-likeness (QED) is 0.927. The first-order valence-electron chi connectivity index (χ1n) is 7.56. The Morgan fingerprint density at radius 3 is 2.29 bits per heavy atom. The van der Waals surface area contributed by atoms with E-state index in [9.17, 15) is 4.79 Å². The summed E-state index contributed by atoms with van der Waals surface area (Å²) in [4.78, 5) is 14.3. The van der Waals surface area contributed by atoms with Crippen LogP contribution in [0.4, 0.5) is 0 Å². The van der Waals surface area contributed by atoms with Crippen molar-refractivity contribution in [2.24, 2.45) is 5.73 Å². The van der Waals surface area contributed by atoms with E-state index in [1.165, 1.54) is 0 Å². The largest absolute Gasteiger partial charge is 0.496 e. The molecule has 0 bridgehead atoms. The Balaban J connectivity index is 2.12. The van der Waals surface area contributed by atoms with Crippen LogP contribution in [-0.2, 0) is 11.3 Å². The lowest BCUT2D eigenvalue weighted by Gasteiger charge is -2.29. The van der Waals surface area contributed by atoms with Crippen LogP contribution in [0.2, 0.25) is 0 Å². The molecule has 2 rings (SSSR count). The number of hydrogen-bond acceptors (Lipinski definition) is 3. The van der Waals surface area contributed by atoms with Gasteiger partial charge in [0.2, 0.25) is 5.91 Å². The van der Waals surface area contributed by atoms with Crippen molar-refractivity contribution < 1.29 is 9.53 Å². The Hall–Kier alpha value is -1.55. The average molecular weight is 290 g/mol. The number of rotatable bonds is 4. The van der Waals surface area contributed by atoms with Gasteiger partial charge in [0, 0.05) is 13.6 Å². The number of hydrogen-bond donors (Lipinski definition) is 1. The number of aryl methyl sites for hydroxylation is 2. The van der Waals surface area contributed by atoms with Crippen molar-refractivity contribution in [2.75, 3.05) is 14.2 Å². The van der Waals surface area contributed by atoms with Crippen LogP contribution in [-0.4, -0.2) is 30.5 Å². The molecule has 1 aliphatic rings. The molecule has 0 unspecified atom stereocenters. The molecule has 1 aliphatic carbocycles. The minimum Gasteiger partial charge on any atom is -0.496 e. The highest BCUT2D eigenvalue weighted by atomic mass is 16.5. The first kappa shape index (κ1) is 15.8. The predicted molar refractivity (Wildman–Crippen MR) is 84.3 cm³/mol. The highest BCUT2D eigenvalue weighted by Crippen LogP contribution is 2.30. The molecule has 21 heavy (non-hydrogen) atoms. The molecule has 0 atom stereocenters. The van der Waals surface area contributed by atoms with Crippen LogP contribution >= 0.6 is 0 Å². The third kappa shape index (κ3) is 3.21. The minimum atomic E-state index is -0.648. The number of ether oxygens (including phenoxy) is 1. The molecule has 1 aromatic carbocycles. The molecular weight excluding hydrogens is 264 g/mol. The molecule has 4 nitrogen and oxygen atoms in total. The molecule has 4 heteroatoms. The Bertz CT molecular complexity index is 511. The third-order valence-electron chi connectivity index (χ3n) is 4.41. The van der Waals surface area contributed by atoms with Gasteiger partial charge in [-0.15, -0.1) is 0 Å².